The van der Waals surface area contributed by atoms with Crippen molar-refractivity contribution in [3.63, 3.8) is 0 Å². The summed E-state index contributed by atoms with van der Waals surface area (Å²) in [5, 5.41) is 0. The number of carbonyl (C=O) groups is 1. The van der Waals surface area contributed by atoms with E-state index in [0.717, 1.165) is 12.0 Å². The van der Waals surface area contributed by atoms with Crippen LogP contribution in [0.25, 0.3) is 4.85 Å². The number of ether oxygens (including phenoxy) is 1. The number of nitrogens with zero attached hydrogens (tertiary/aromatic N) is 1. The highest BCUT2D eigenvalue weighted by Crippen LogP contribution is 2.44. The Hall–Kier alpha value is -1.09. The second-order valence-electron chi connectivity index (χ2n) is 4.77. The monoisotopic (exact) mass is 355 g/mol. The quantitative estimate of drug-likeness (QED) is 0.474. The van der Waals surface area contributed by atoms with Crippen molar-refractivity contribution in [3.8, 4) is 0 Å². The van der Waals surface area contributed by atoms with Gasteiger partial charge < -0.3 is 9.58 Å². The Kier molecular flexibility index (Phi) is 3.91. The summed E-state index contributed by atoms with van der Waals surface area (Å²) in [6.07, 6.45) is 1.96. The van der Waals surface area contributed by atoms with Crippen LogP contribution in [0.1, 0.15) is 18.4 Å². The van der Waals surface area contributed by atoms with Crippen LogP contribution in [0.4, 0.5) is 0 Å². The summed E-state index contributed by atoms with van der Waals surface area (Å²) in [5.74, 6) is -0.273. The molecule has 2 rings (SSSR count). The highest BCUT2D eigenvalue weighted by atomic mass is 127. The topological polar surface area (TPSA) is 30.7 Å². The summed E-state index contributed by atoms with van der Waals surface area (Å²) in [7, 11) is 1.40. The van der Waals surface area contributed by atoms with Crippen LogP contribution in [0.3, 0.4) is 0 Å². The van der Waals surface area contributed by atoms with Gasteiger partial charge in [0.1, 0.15) is 0 Å². The zero-order chi connectivity index (χ0) is 13.2. The van der Waals surface area contributed by atoms with Gasteiger partial charge in [-0.05, 0) is 40.3 Å². The minimum atomic E-state index is -0.397. The van der Waals surface area contributed by atoms with Gasteiger partial charge in [-0.2, -0.15) is 0 Å². The van der Waals surface area contributed by atoms with Crippen LogP contribution in [0.2, 0.25) is 0 Å². The predicted molar refractivity (Wildman–Crippen MR) is 76.9 cm³/mol. The van der Waals surface area contributed by atoms with Gasteiger partial charge in [0.05, 0.1) is 19.4 Å². The van der Waals surface area contributed by atoms with Gasteiger partial charge in [0, 0.05) is 16.4 Å². The highest BCUT2D eigenvalue weighted by Gasteiger charge is 2.54. The Morgan fingerprint density at radius 2 is 2.11 bits per heavy atom. The molecule has 0 bridgehead atoms. The first-order chi connectivity index (χ1) is 8.58. The van der Waals surface area contributed by atoms with Crippen LogP contribution in [0.5, 0.6) is 0 Å². The number of halogens is 1. The van der Waals surface area contributed by atoms with Gasteiger partial charge >= 0.3 is 5.97 Å². The van der Waals surface area contributed by atoms with E-state index in [1.54, 1.807) is 0 Å². The second-order valence-corrected chi connectivity index (χ2v) is 6.01. The normalized spacial score (nSPS) is 25.9. The maximum Gasteiger partial charge on any atom is 0.309 e. The molecule has 0 aliphatic heterocycles. The molecule has 1 aromatic rings. The van der Waals surface area contributed by atoms with Gasteiger partial charge in [-0.15, -0.1) is 0 Å². The lowest BCUT2D eigenvalue weighted by Gasteiger charge is -2.36. The van der Waals surface area contributed by atoms with Crippen LogP contribution in [-0.2, 0) is 16.0 Å². The van der Waals surface area contributed by atoms with Crippen LogP contribution in [0.15, 0.2) is 24.3 Å². The molecule has 94 valence electrons. The largest absolute Gasteiger partial charge is 0.469 e. The standard InChI is InChI=1S/C14H14INO2/c1-16-14(8-11(9-14)13(17)18-2)7-10-3-5-12(15)6-4-10/h3-6,11H,7-9H2,2H3. The zero-order valence-electron chi connectivity index (χ0n) is 10.1. The fourth-order valence-electron chi connectivity index (χ4n) is 2.45. The predicted octanol–water partition coefficient (Wildman–Crippen LogP) is 3.07. The van der Waals surface area contributed by atoms with Crippen LogP contribution in [0, 0.1) is 16.1 Å². The first-order valence-corrected chi connectivity index (χ1v) is 6.87. The number of esters is 1. The van der Waals surface area contributed by atoms with Crippen molar-refractivity contribution < 1.29 is 9.53 Å². The van der Waals surface area contributed by atoms with Crippen molar-refractivity contribution in [1.29, 1.82) is 0 Å². The Bertz CT molecular complexity index is 484. The molecule has 0 saturated heterocycles. The van der Waals surface area contributed by atoms with Crippen molar-refractivity contribution in [1.82, 2.24) is 0 Å². The van der Waals surface area contributed by atoms with Gasteiger partial charge in [0.15, 0.2) is 0 Å². The van der Waals surface area contributed by atoms with Crippen molar-refractivity contribution >= 4 is 28.6 Å². The van der Waals surface area contributed by atoms with Gasteiger partial charge in [0.2, 0.25) is 5.54 Å². The summed E-state index contributed by atoms with van der Waals surface area (Å²) in [6, 6.07) is 8.20. The molecule has 0 heterocycles. The number of hydrogen-bond acceptors (Lipinski definition) is 2. The molecular formula is C14H14INO2. The van der Waals surface area contributed by atoms with Crippen LogP contribution >= 0.6 is 22.6 Å². The molecule has 0 amide bonds. The third-order valence-electron chi connectivity index (χ3n) is 3.47. The minimum Gasteiger partial charge on any atom is -0.469 e. The van der Waals surface area contributed by atoms with E-state index >= 15 is 0 Å². The molecule has 1 aliphatic carbocycles. The van der Waals surface area contributed by atoms with Gasteiger partial charge in [-0.1, -0.05) is 12.1 Å². The SMILES string of the molecule is [C-]#[N+]C1(Cc2ccc(I)cc2)CC(C(=O)OC)C1. The first-order valence-electron chi connectivity index (χ1n) is 5.79. The van der Waals surface area contributed by atoms with Gasteiger partial charge in [0.25, 0.3) is 0 Å². The average molecular weight is 355 g/mol. The van der Waals surface area contributed by atoms with E-state index in [2.05, 4.69) is 39.6 Å². The fraction of sp³-hybridized carbons (Fsp3) is 0.429. The van der Waals surface area contributed by atoms with E-state index in [0.29, 0.717) is 12.8 Å². The van der Waals surface area contributed by atoms with E-state index in [4.69, 9.17) is 11.3 Å². The molecule has 18 heavy (non-hydrogen) atoms. The summed E-state index contributed by atoms with van der Waals surface area (Å²) in [4.78, 5) is 15.1. The molecule has 4 heteroatoms. The third-order valence-corrected chi connectivity index (χ3v) is 4.19. The number of benzene rings is 1. The molecule has 0 spiro atoms. The van der Waals surface area contributed by atoms with E-state index in [-0.39, 0.29) is 11.9 Å². The molecule has 0 aromatic heterocycles. The third kappa shape index (κ3) is 2.66. The van der Waals surface area contributed by atoms with E-state index < -0.39 is 5.54 Å². The average Bonchev–Trinajstić information content (AvgIpc) is 2.35. The number of hydrogen-bond donors (Lipinski definition) is 0. The molecule has 1 aromatic carbocycles. The number of rotatable bonds is 3. The maximum absolute atomic E-state index is 11.4. The molecular weight excluding hydrogens is 341 g/mol. The summed E-state index contributed by atoms with van der Waals surface area (Å²) in [5.41, 5.74) is 0.765. The zero-order valence-corrected chi connectivity index (χ0v) is 12.3. The molecule has 1 aliphatic rings. The van der Waals surface area contributed by atoms with Crippen molar-refractivity contribution in [2.75, 3.05) is 7.11 Å². The molecule has 0 atom stereocenters. The molecule has 0 unspecified atom stereocenters. The number of methoxy groups -OCH3 is 1. The lowest BCUT2D eigenvalue weighted by atomic mass is 9.66. The Labute approximate surface area is 120 Å². The van der Waals surface area contributed by atoms with E-state index in [9.17, 15) is 4.79 Å². The minimum absolute atomic E-state index is 0.0899. The lowest BCUT2D eigenvalue weighted by molar-refractivity contribution is -0.150. The van der Waals surface area contributed by atoms with Crippen molar-refractivity contribution in [3.05, 3.63) is 44.8 Å². The Balaban J connectivity index is 2.02. The van der Waals surface area contributed by atoms with Crippen molar-refractivity contribution in [2.24, 2.45) is 5.92 Å². The molecule has 1 fully saturated rings. The van der Waals surface area contributed by atoms with Crippen LogP contribution < -0.4 is 0 Å². The molecule has 0 radical (unpaired) electrons. The first kappa shape index (κ1) is 13.3. The van der Waals surface area contributed by atoms with Crippen molar-refractivity contribution in [2.45, 2.75) is 24.8 Å². The summed E-state index contributed by atoms with van der Waals surface area (Å²) >= 11 is 2.26. The molecule has 3 nitrogen and oxygen atoms in total. The van der Waals surface area contributed by atoms with E-state index in [1.165, 1.54) is 10.7 Å². The smallest absolute Gasteiger partial charge is 0.309 e. The van der Waals surface area contributed by atoms with Gasteiger partial charge in [-0.25, -0.2) is 6.57 Å². The lowest BCUT2D eigenvalue weighted by Crippen LogP contribution is -2.46. The van der Waals surface area contributed by atoms with Gasteiger partial charge in [-0.3, -0.25) is 4.79 Å². The Morgan fingerprint density at radius 3 is 2.61 bits per heavy atom. The summed E-state index contributed by atoms with van der Waals surface area (Å²) < 4.78 is 5.90. The second kappa shape index (κ2) is 5.27. The Morgan fingerprint density at radius 1 is 1.50 bits per heavy atom. The van der Waals surface area contributed by atoms with E-state index in [1.807, 2.05) is 12.1 Å². The molecule has 0 N–H and O–H groups in total. The highest BCUT2D eigenvalue weighted by molar-refractivity contribution is 14.1. The molecule has 1 saturated carbocycles. The van der Waals surface area contributed by atoms with Crippen LogP contribution in [-0.4, -0.2) is 18.6 Å². The summed E-state index contributed by atoms with van der Waals surface area (Å²) in [6.45, 7) is 7.36. The maximum atomic E-state index is 11.4. The number of carbonyl (C=O) groups excluding carboxylic acids is 1. The fourth-order valence-corrected chi connectivity index (χ4v) is 2.81.